The summed E-state index contributed by atoms with van der Waals surface area (Å²) >= 11 is 0. The van der Waals surface area contributed by atoms with Gasteiger partial charge >= 0.3 is 5.97 Å². The standard InChI is InChI=1S/C14H16N2O6/c1-21-14(18)10-5-9(6-11(7-10)16(19)20)13(17)15-8-12-3-2-4-22-12/h5-7,12H,2-4,8H2,1H3,(H,15,17)/t12-/m0/s1. The van der Waals surface area contributed by atoms with Crippen LogP contribution in [-0.4, -0.2) is 43.2 Å². The van der Waals surface area contributed by atoms with Gasteiger partial charge in [0.2, 0.25) is 0 Å². The van der Waals surface area contributed by atoms with E-state index in [2.05, 4.69) is 10.1 Å². The first-order valence-electron chi connectivity index (χ1n) is 6.79. The average Bonchev–Trinajstić information content (AvgIpc) is 3.04. The third kappa shape index (κ3) is 3.79. The van der Waals surface area contributed by atoms with Crippen LogP contribution in [-0.2, 0) is 9.47 Å². The van der Waals surface area contributed by atoms with Gasteiger partial charge in [-0.05, 0) is 18.9 Å². The normalized spacial score (nSPS) is 17.0. The quantitative estimate of drug-likeness (QED) is 0.499. The molecule has 1 fully saturated rings. The molecule has 1 aromatic carbocycles. The number of benzene rings is 1. The number of hydrogen-bond donors (Lipinski definition) is 1. The third-order valence-electron chi connectivity index (χ3n) is 3.33. The van der Waals surface area contributed by atoms with Gasteiger partial charge in [-0.1, -0.05) is 0 Å². The number of nitrogens with zero attached hydrogens (tertiary/aromatic N) is 1. The van der Waals surface area contributed by atoms with Gasteiger partial charge in [-0.2, -0.15) is 0 Å². The zero-order valence-electron chi connectivity index (χ0n) is 12.0. The van der Waals surface area contributed by atoms with E-state index in [1.165, 1.54) is 13.2 Å². The van der Waals surface area contributed by atoms with E-state index in [9.17, 15) is 19.7 Å². The van der Waals surface area contributed by atoms with Crippen LogP contribution < -0.4 is 5.32 Å². The van der Waals surface area contributed by atoms with E-state index in [-0.39, 0.29) is 22.9 Å². The van der Waals surface area contributed by atoms with E-state index in [0.717, 1.165) is 25.0 Å². The van der Waals surface area contributed by atoms with Gasteiger partial charge in [-0.3, -0.25) is 14.9 Å². The molecule has 1 aliphatic heterocycles. The van der Waals surface area contributed by atoms with Crippen LogP contribution in [0.4, 0.5) is 5.69 Å². The Morgan fingerprint density at radius 2 is 2.14 bits per heavy atom. The van der Waals surface area contributed by atoms with Crippen molar-refractivity contribution < 1.29 is 24.0 Å². The van der Waals surface area contributed by atoms with E-state index in [1.54, 1.807) is 0 Å². The number of nitrogens with one attached hydrogen (secondary N) is 1. The number of methoxy groups -OCH3 is 1. The van der Waals surface area contributed by atoms with Crippen LogP contribution in [0.15, 0.2) is 18.2 Å². The lowest BCUT2D eigenvalue weighted by atomic mass is 10.1. The fourth-order valence-electron chi connectivity index (χ4n) is 2.20. The molecule has 1 aromatic rings. The van der Waals surface area contributed by atoms with Crippen molar-refractivity contribution in [3.8, 4) is 0 Å². The van der Waals surface area contributed by atoms with Crippen LogP contribution in [0.1, 0.15) is 33.6 Å². The Hall–Kier alpha value is -2.48. The molecule has 1 N–H and O–H groups in total. The molecule has 0 spiro atoms. The molecule has 1 heterocycles. The number of non-ortho nitro benzene ring substituents is 1. The molecule has 8 heteroatoms. The Morgan fingerprint density at radius 1 is 1.41 bits per heavy atom. The molecular formula is C14H16N2O6. The highest BCUT2D eigenvalue weighted by atomic mass is 16.6. The second-order valence-corrected chi connectivity index (χ2v) is 4.86. The minimum atomic E-state index is -0.739. The highest BCUT2D eigenvalue weighted by molar-refractivity contribution is 5.98. The van der Waals surface area contributed by atoms with Gasteiger partial charge in [0.1, 0.15) is 0 Å². The van der Waals surface area contributed by atoms with Gasteiger partial charge < -0.3 is 14.8 Å². The molecule has 0 unspecified atom stereocenters. The Bertz CT molecular complexity index is 595. The topological polar surface area (TPSA) is 108 Å². The number of nitro groups is 1. The zero-order chi connectivity index (χ0) is 16.1. The molecule has 0 bridgehead atoms. The van der Waals surface area contributed by atoms with Crippen LogP contribution in [0.5, 0.6) is 0 Å². The Morgan fingerprint density at radius 3 is 2.73 bits per heavy atom. The van der Waals surface area contributed by atoms with Crippen molar-refractivity contribution in [2.45, 2.75) is 18.9 Å². The molecule has 22 heavy (non-hydrogen) atoms. The number of nitro benzene ring substituents is 1. The molecule has 0 aromatic heterocycles. The zero-order valence-corrected chi connectivity index (χ0v) is 12.0. The highest BCUT2D eigenvalue weighted by Crippen LogP contribution is 2.18. The van der Waals surface area contributed by atoms with Crippen LogP contribution in [0.25, 0.3) is 0 Å². The lowest BCUT2D eigenvalue weighted by Gasteiger charge is -2.11. The molecule has 0 saturated carbocycles. The van der Waals surface area contributed by atoms with Crippen molar-refractivity contribution in [3.63, 3.8) is 0 Å². The molecule has 1 aliphatic rings. The van der Waals surface area contributed by atoms with Gasteiger partial charge in [0.15, 0.2) is 0 Å². The number of carbonyl (C=O) groups excluding carboxylic acids is 2. The molecule has 1 amide bonds. The lowest BCUT2D eigenvalue weighted by Crippen LogP contribution is -2.31. The van der Waals surface area contributed by atoms with E-state index in [1.807, 2.05) is 0 Å². The summed E-state index contributed by atoms with van der Waals surface area (Å²) in [6.07, 6.45) is 1.77. The lowest BCUT2D eigenvalue weighted by molar-refractivity contribution is -0.384. The predicted octanol–water partition coefficient (Wildman–Crippen LogP) is 1.29. The fourth-order valence-corrected chi connectivity index (χ4v) is 2.20. The summed E-state index contributed by atoms with van der Waals surface area (Å²) in [5, 5.41) is 13.6. The maximum atomic E-state index is 12.1. The second kappa shape index (κ2) is 6.99. The summed E-state index contributed by atoms with van der Waals surface area (Å²) in [6.45, 7) is 0.999. The van der Waals surface area contributed by atoms with Crippen molar-refractivity contribution in [1.29, 1.82) is 0 Å². The Labute approximate surface area is 126 Å². The van der Waals surface area contributed by atoms with Crippen molar-refractivity contribution in [3.05, 3.63) is 39.4 Å². The molecule has 0 radical (unpaired) electrons. The molecule has 2 rings (SSSR count). The fraction of sp³-hybridized carbons (Fsp3) is 0.429. The summed E-state index contributed by atoms with van der Waals surface area (Å²) in [5.74, 6) is -1.23. The molecular weight excluding hydrogens is 292 g/mol. The second-order valence-electron chi connectivity index (χ2n) is 4.86. The number of carbonyl (C=O) groups is 2. The SMILES string of the molecule is COC(=O)c1cc(C(=O)NC[C@@H]2CCCO2)cc([N+](=O)[O-])c1. The van der Waals surface area contributed by atoms with Crippen LogP contribution in [0, 0.1) is 10.1 Å². The van der Waals surface area contributed by atoms with Crippen LogP contribution >= 0.6 is 0 Å². The summed E-state index contributed by atoms with van der Waals surface area (Å²) < 4.78 is 9.92. The predicted molar refractivity (Wildman–Crippen MR) is 75.7 cm³/mol. The van der Waals surface area contributed by atoms with Gasteiger partial charge in [0.25, 0.3) is 11.6 Å². The maximum Gasteiger partial charge on any atom is 0.338 e. The minimum absolute atomic E-state index is 0.0348. The third-order valence-corrected chi connectivity index (χ3v) is 3.33. The number of amides is 1. The first kappa shape index (κ1) is 15.9. The number of rotatable bonds is 5. The maximum absolute atomic E-state index is 12.1. The van der Waals surface area contributed by atoms with E-state index in [0.29, 0.717) is 13.2 Å². The monoisotopic (exact) mass is 308 g/mol. The van der Waals surface area contributed by atoms with Gasteiger partial charge in [0, 0.05) is 30.8 Å². The van der Waals surface area contributed by atoms with Crippen molar-refractivity contribution in [2.24, 2.45) is 0 Å². The number of esters is 1. The van der Waals surface area contributed by atoms with E-state index in [4.69, 9.17) is 4.74 Å². The number of hydrogen-bond acceptors (Lipinski definition) is 6. The van der Waals surface area contributed by atoms with Crippen LogP contribution in [0.2, 0.25) is 0 Å². The molecule has 1 atom stereocenters. The average molecular weight is 308 g/mol. The molecule has 1 saturated heterocycles. The van der Waals surface area contributed by atoms with Crippen molar-refractivity contribution >= 4 is 17.6 Å². The van der Waals surface area contributed by atoms with Crippen molar-refractivity contribution in [2.75, 3.05) is 20.3 Å². The van der Waals surface area contributed by atoms with Gasteiger partial charge in [0.05, 0.1) is 23.7 Å². The number of ether oxygens (including phenoxy) is 2. The summed E-state index contributed by atoms with van der Waals surface area (Å²) in [4.78, 5) is 33.9. The molecule has 0 aliphatic carbocycles. The smallest absolute Gasteiger partial charge is 0.338 e. The minimum Gasteiger partial charge on any atom is -0.465 e. The Balaban J connectivity index is 2.16. The summed E-state index contributed by atoms with van der Waals surface area (Å²) in [5.41, 5.74) is -0.350. The largest absolute Gasteiger partial charge is 0.465 e. The summed E-state index contributed by atoms with van der Waals surface area (Å²) in [7, 11) is 1.17. The summed E-state index contributed by atoms with van der Waals surface area (Å²) in [6, 6.07) is 3.46. The van der Waals surface area contributed by atoms with Crippen molar-refractivity contribution in [1.82, 2.24) is 5.32 Å². The molecule has 118 valence electrons. The first-order valence-corrected chi connectivity index (χ1v) is 6.79. The highest BCUT2D eigenvalue weighted by Gasteiger charge is 2.20. The Kier molecular flexibility index (Phi) is 5.05. The van der Waals surface area contributed by atoms with Gasteiger partial charge in [-0.25, -0.2) is 4.79 Å². The first-order chi connectivity index (χ1) is 10.5. The van der Waals surface area contributed by atoms with Crippen LogP contribution in [0.3, 0.4) is 0 Å². The van der Waals surface area contributed by atoms with E-state index < -0.39 is 16.8 Å². The van der Waals surface area contributed by atoms with E-state index >= 15 is 0 Å². The molecule has 8 nitrogen and oxygen atoms in total. The van der Waals surface area contributed by atoms with Gasteiger partial charge in [-0.15, -0.1) is 0 Å².